The van der Waals surface area contributed by atoms with E-state index in [-0.39, 0.29) is 11.2 Å². The number of hydrogen-bond acceptors (Lipinski definition) is 4. The zero-order valence-electron chi connectivity index (χ0n) is 12.6. The third kappa shape index (κ3) is 3.70. The highest BCUT2D eigenvalue weighted by molar-refractivity contribution is 7.91. The highest BCUT2D eigenvalue weighted by atomic mass is 32.2. The lowest BCUT2D eigenvalue weighted by Crippen LogP contribution is -2.49. The van der Waals surface area contributed by atoms with Gasteiger partial charge in [-0.3, -0.25) is 0 Å². The van der Waals surface area contributed by atoms with Crippen LogP contribution >= 0.6 is 0 Å². The van der Waals surface area contributed by atoms with Crippen molar-refractivity contribution >= 4 is 9.84 Å². The molecule has 0 aliphatic heterocycles. The molecule has 114 valence electrons. The topological polar surface area (TPSA) is 63.6 Å². The van der Waals surface area contributed by atoms with Gasteiger partial charge in [0.15, 0.2) is 0 Å². The van der Waals surface area contributed by atoms with Gasteiger partial charge in [-0.25, -0.2) is 8.42 Å². The molecule has 1 N–H and O–H groups in total. The first kappa shape index (κ1) is 16.9. The van der Waals surface area contributed by atoms with E-state index in [1.165, 1.54) is 6.26 Å². The normalized spacial score (nSPS) is 27.2. The number of rotatable bonds is 6. The van der Waals surface area contributed by atoms with E-state index < -0.39 is 21.5 Å². The van der Waals surface area contributed by atoms with Crippen molar-refractivity contribution in [2.75, 3.05) is 13.4 Å². The molecule has 0 heterocycles. The van der Waals surface area contributed by atoms with Crippen LogP contribution in [0.25, 0.3) is 0 Å². The van der Waals surface area contributed by atoms with Gasteiger partial charge in [-0.2, -0.15) is 0 Å². The molecule has 1 saturated carbocycles. The summed E-state index contributed by atoms with van der Waals surface area (Å²) in [5, 5.41) is 10.3. The predicted octanol–water partition coefficient (Wildman–Crippen LogP) is 2.16. The van der Waals surface area contributed by atoms with E-state index in [9.17, 15) is 13.5 Å². The molecule has 5 heteroatoms. The Kier molecular flexibility index (Phi) is 5.83. The van der Waals surface area contributed by atoms with E-state index in [0.717, 1.165) is 32.1 Å². The van der Waals surface area contributed by atoms with Gasteiger partial charge in [0.1, 0.15) is 9.84 Å². The average Bonchev–Trinajstić information content (AvgIpc) is 2.40. The third-order valence-corrected chi connectivity index (χ3v) is 6.50. The second-order valence-electron chi connectivity index (χ2n) is 5.80. The van der Waals surface area contributed by atoms with Crippen LogP contribution in [0.3, 0.4) is 0 Å². The predicted molar refractivity (Wildman–Crippen MR) is 76.9 cm³/mol. The second kappa shape index (κ2) is 6.55. The van der Waals surface area contributed by atoms with E-state index in [1.807, 2.05) is 13.8 Å². The quantitative estimate of drug-likeness (QED) is 0.815. The van der Waals surface area contributed by atoms with E-state index in [1.54, 1.807) is 7.11 Å². The summed E-state index contributed by atoms with van der Waals surface area (Å²) in [4.78, 5) is 0. The average molecular weight is 292 g/mol. The molecule has 0 amide bonds. The first-order chi connectivity index (χ1) is 8.80. The van der Waals surface area contributed by atoms with E-state index in [4.69, 9.17) is 4.74 Å². The van der Waals surface area contributed by atoms with Gasteiger partial charge >= 0.3 is 0 Å². The summed E-state index contributed by atoms with van der Waals surface area (Å²) in [6, 6.07) is 0. The summed E-state index contributed by atoms with van der Waals surface area (Å²) in [7, 11) is -1.38. The summed E-state index contributed by atoms with van der Waals surface area (Å²) in [5.74, 6) is 0.0216. The summed E-state index contributed by atoms with van der Waals surface area (Å²) in [6.45, 7) is 4.01. The lowest BCUT2D eigenvalue weighted by Gasteiger charge is -2.42. The fraction of sp³-hybridized carbons (Fsp3) is 1.00. The number of methoxy groups -OCH3 is 1. The molecule has 19 heavy (non-hydrogen) atoms. The fourth-order valence-corrected chi connectivity index (χ4v) is 4.56. The van der Waals surface area contributed by atoms with Gasteiger partial charge in [-0.05, 0) is 38.0 Å². The van der Waals surface area contributed by atoms with Crippen molar-refractivity contribution in [1.29, 1.82) is 0 Å². The monoisotopic (exact) mass is 292 g/mol. The van der Waals surface area contributed by atoms with Gasteiger partial charge in [0.05, 0.1) is 17.0 Å². The number of ether oxygens (including phenoxy) is 1. The minimum atomic E-state index is -3.01. The second-order valence-corrected chi connectivity index (χ2v) is 8.12. The molecule has 1 aliphatic rings. The summed E-state index contributed by atoms with van der Waals surface area (Å²) in [5.41, 5.74) is -0.538. The van der Waals surface area contributed by atoms with E-state index >= 15 is 0 Å². The number of hydrogen-bond donors (Lipinski definition) is 1. The van der Waals surface area contributed by atoms with Gasteiger partial charge < -0.3 is 9.84 Å². The molecule has 0 spiro atoms. The van der Waals surface area contributed by atoms with Crippen molar-refractivity contribution in [2.45, 2.75) is 69.3 Å². The van der Waals surface area contributed by atoms with Crippen LogP contribution in [0.15, 0.2) is 0 Å². The molecule has 0 saturated heterocycles. The minimum absolute atomic E-state index is 0.0216. The number of sulfone groups is 1. The number of aliphatic hydroxyl groups is 1. The van der Waals surface area contributed by atoms with E-state index in [2.05, 4.69) is 0 Å². The summed E-state index contributed by atoms with van der Waals surface area (Å²) >= 11 is 0. The van der Waals surface area contributed by atoms with Crippen molar-refractivity contribution in [3.05, 3.63) is 0 Å². The van der Waals surface area contributed by atoms with Crippen LogP contribution in [0.2, 0.25) is 0 Å². The van der Waals surface area contributed by atoms with Gasteiger partial charge in [0.2, 0.25) is 0 Å². The molecule has 0 radical (unpaired) electrons. The molecular formula is C14H28O4S. The SMILES string of the molecule is CCC(CC)(OC)C(O)C1CCCC(S(C)(=O)=O)C1. The van der Waals surface area contributed by atoms with Crippen LogP contribution in [0.5, 0.6) is 0 Å². The standard InChI is InChI=1S/C14H28O4S/c1-5-14(6-2,18-3)13(15)11-8-7-9-12(10-11)19(4,16)17/h11-13,15H,5-10H2,1-4H3. The van der Waals surface area contributed by atoms with Gasteiger partial charge in [0, 0.05) is 13.4 Å². The molecule has 4 nitrogen and oxygen atoms in total. The zero-order chi connectivity index (χ0) is 14.7. The largest absolute Gasteiger partial charge is 0.390 e. The van der Waals surface area contributed by atoms with Crippen molar-refractivity contribution in [1.82, 2.24) is 0 Å². The molecular weight excluding hydrogens is 264 g/mol. The molecule has 0 aromatic heterocycles. The van der Waals surface area contributed by atoms with Crippen LogP contribution in [0.4, 0.5) is 0 Å². The van der Waals surface area contributed by atoms with Crippen molar-refractivity contribution < 1.29 is 18.3 Å². The van der Waals surface area contributed by atoms with Crippen LogP contribution in [0, 0.1) is 5.92 Å². The molecule has 0 aromatic rings. The molecule has 1 aliphatic carbocycles. The van der Waals surface area contributed by atoms with Crippen LogP contribution in [-0.2, 0) is 14.6 Å². The Bertz CT molecular complexity index is 365. The van der Waals surface area contributed by atoms with Crippen molar-refractivity contribution in [3.8, 4) is 0 Å². The fourth-order valence-electron chi connectivity index (χ4n) is 3.36. The van der Waals surface area contributed by atoms with Crippen LogP contribution < -0.4 is 0 Å². The third-order valence-electron chi connectivity index (χ3n) is 4.86. The number of aliphatic hydroxyl groups excluding tert-OH is 1. The highest BCUT2D eigenvalue weighted by Crippen LogP contribution is 2.37. The lowest BCUT2D eigenvalue weighted by molar-refractivity contribution is -0.132. The molecule has 3 unspecified atom stereocenters. The van der Waals surface area contributed by atoms with Gasteiger partial charge in [-0.15, -0.1) is 0 Å². The Hall–Kier alpha value is -0.130. The van der Waals surface area contributed by atoms with Gasteiger partial charge in [0.25, 0.3) is 0 Å². The highest BCUT2D eigenvalue weighted by Gasteiger charge is 2.42. The Morgan fingerprint density at radius 3 is 2.32 bits per heavy atom. The van der Waals surface area contributed by atoms with Crippen LogP contribution in [-0.4, -0.2) is 43.8 Å². The Balaban J connectivity index is 2.84. The zero-order valence-corrected chi connectivity index (χ0v) is 13.4. The lowest BCUT2D eigenvalue weighted by atomic mass is 9.76. The summed E-state index contributed by atoms with van der Waals surface area (Å²) < 4.78 is 29.0. The minimum Gasteiger partial charge on any atom is -0.390 e. The van der Waals surface area contributed by atoms with E-state index in [0.29, 0.717) is 6.42 Å². The molecule has 3 atom stereocenters. The maximum atomic E-state index is 11.7. The molecule has 1 rings (SSSR count). The maximum absolute atomic E-state index is 11.7. The molecule has 1 fully saturated rings. The maximum Gasteiger partial charge on any atom is 0.150 e. The Morgan fingerprint density at radius 1 is 1.32 bits per heavy atom. The Labute approximate surface area is 117 Å². The first-order valence-electron chi connectivity index (χ1n) is 7.22. The molecule has 0 aromatic carbocycles. The Morgan fingerprint density at radius 2 is 1.89 bits per heavy atom. The van der Waals surface area contributed by atoms with Crippen molar-refractivity contribution in [2.24, 2.45) is 5.92 Å². The van der Waals surface area contributed by atoms with Crippen LogP contribution in [0.1, 0.15) is 52.4 Å². The smallest absolute Gasteiger partial charge is 0.150 e. The van der Waals surface area contributed by atoms with Gasteiger partial charge in [-0.1, -0.05) is 20.3 Å². The molecule has 0 bridgehead atoms. The first-order valence-corrected chi connectivity index (χ1v) is 9.18. The van der Waals surface area contributed by atoms with Crippen molar-refractivity contribution in [3.63, 3.8) is 0 Å². The summed E-state index contributed by atoms with van der Waals surface area (Å²) in [6.07, 6.45) is 5.23.